The van der Waals surface area contributed by atoms with Crippen LogP contribution in [0, 0.1) is 12.8 Å². The summed E-state index contributed by atoms with van der Waals surface area (Å²) >= 11 is 0. The smallest absolute Gasteiger partial charge is 0.270 e. The maximum atomic E-state index is 12.3. The summed E-state index contributed by atoms with van der Waals surface area (Å²) in [5, 5.41) is 5.93. The fraction of sp³-hybridized carbons (Fsp3) is 0.368. The lowest BCUT2D eigenvalue weighted by atomic mass is 10.1. The largest absolute Gasteiger partial charge is 0.351 e. The highest BCUT2D eigenvalue weighted by Gasteiger charge is 2.11. The zero-order valence-corrected chi connectivity index (χ0v) is 15.1. The molecule has 25 heavy (non-hydrogen) atoms. The Morgan fingerprint density at radius 3 is 2.60 bits per heavy atom. The number of aryl methyl sites for hydroxylation is 1. The molecule has 1 aromatic heterocycles. The zero-order chi connectivity index (χ0) is 18.4. The van der Waals surface area contributed by atoms with E-state index in [1.807, 2.05) is 13.0 Å². The molecule has 0 unspecified atom stereocenters. The number of hydrogen-bond donors (Lipinski definition) is 2. The number of benzene rings is 1. The fourth-order valence-corrected chi connectivity index (χ4v) is 2.25. The molecular weight excluding hydrogens is 316 g/mol. The third-order valence-electron chi connectivity index (χ3n) is 3.62. The molecule has 132 valence electrons. The van der Waals surface area contributed by atoms with Gasteiger partial charge in [0, 0.05) is 23.5 Å². The summed E-state index contributed by atoms with van der Waals surface area (Å²) in [7, 11) is 0. The summed E-state index contributed by atoms with van der Waals surface area (Å²) in [4.78, 5) is 32.3. The van der Waals surface area contributed by atoms with Crippen LogP contribution >= 0.6 is 0 Å². The number of nitrogens with zero attached hydrogens (tertiary/aromatic N) is 2. The highest BCUT2D eigenvalue weighted by molar-refractivity contribution is 5.95. The molecule has 0 aliphatic rings. The van der Waals surface area contributed by atoms with Crippen LogP contribution in [0.4, 0.5) is 11.6 Å². The summed E-state index contributed by atoms with van der Waals surface area (Å²) < 4.78 is 0. The number of hydrogen-bond acceptors (Lipinski definition) is 5. The minimum absolute atomic E-state index is 0.0148. The van der Waals surface area contributed by atoms with Crippen LogP contribution in [0.3, 0.4) is 0 Å². The van der Waals surface area contributed by atoms with Gasteiger partial charge in [0.1, 0.15) is 5.69 Å². The van der Waals surface area contributed by atoms with Gasteiger partial charge in [-0.25, -0.2) is 9.97 Å². The molecule has 0 aliphatic carbocycles. The molecule has 0 atom stereocenters. The van der Waals surface area contributed by atoms with Crippen LogP contribution in [0.1, 0.15) is 53.7 Å². The first-order valence-electron chi connectivity index (χ1n) is 8.37. The van der Waals surface area contributed by atoms with Gasteiger partial charge in [0.15, 0.2) is 5.78 Å². The zero-order valence-electron chi connectivity index (χ0n) is 15.1. The van der Waals surface area contributed by atoms with E-state index in [4.69, 9.17) is 0 Å². The Hall–Kier alpha value is -2.76. The lowest BCUT2D eigenvalue weighted by Crippen LogP contribution is -2.26. The minimum Gasteiger partial charge on any atom is -0.351 e. The van der Waals surface area contributed by atoms with Crippen LogP contribution in [0.5, 0.6) is 0 Å². The SMILES string of the molecule is CC(=O)c1cccc(Nc2nc(C)cc(C(=O)NCCC(C)C)n2)c1. The van der Waals surface area contributed by atoms with Crippen LogP contribution in [0.15, 0.2) is 30.3 Å². The van der Waals surface area contributed by atoms with Gasteiger partial charge in [0.05, 0.1) is 0 Å². The molecule has 1 heterocycles. The average molecular weight is 340 g/mol. The number of Topliss-reactive ketones (excluding diaryl/α,β-unsaturated/α-hetero) is 1. The summed E-state index contributed by atoms with van der Waals surface area (Å²) in [6, 6.07) is 8.74. The van der Waals surface area contributed by atoms with Gasteiger partial charge in [0.2, 0.25) is 5.95 Å². The van der Waals surface area contributed by atoms with Crippen molar-refractivity contribution in [1.29, 1.82) is 0 Å². The molecule has 0 saturated carbocycles. The molecular formula is C19H24N4O2. The first-order valence-corrected chi connectivity index (χ1v) is 8.37. The molecule has 1 aromatic carbocycles. The Morgan fingerprint density at radius 2 is 1.92 bits per heavy atom. The van der Waals surface area contributed by atoms with Crippen molar-refractivity contribution in [3.8, 4) is 0 Å². The molecule has 0 fully saturated rings. The predicted octanol–water partition coefficient (Wildman–Crippen LogP) is 3.51. The van der Waals surface area contributed by atoms with Gasteiger partial charge in [0.25, 0.3) is 5.91 Å². The third kappa shape index (κ3) is 5.67. The average Bonchev–Trinajstić information content (AvgIpc) is 2.54. The second-order valence-corrected chi connectivity index (χ2v) is 6.42. The van der Waals surface area contributed by atoms with Crippen molar-refractivity contribution in [2.45, 2.75) is 34.1 Å². The van der Waals surface area contributed by atoms with Crippen LogP contribution in [0.25, 0.3) is 0 Å². The van der Waals surface area contributed by atoms with Gasteiger partial charge >= 0.3 is 0 Å². The number of rotatable bonds is 7. The Kier molecular flexibility index (Phi) is 6.22. The van der Waals surface area contributed by atoms with E-state index < -0.39 is 0 Å². The number of carbonyl (C=O) groups excluding carboxylic acids is 2. The number of amides is 1. The quantitative estimate of drug-likeness (QED) is 0.754. The molecule has 0 spiro atoms. The molecule has 0 saturated heterocycles. The molecule has 0 radical (unpaired) electrons. The van der Waals surface area contributed by atoms with Crippen molar-refractivity contribution in [3.05, 3.63) is 47.3 Å². The molecule has 2 aromatic rings. The summed E-state index contributed by atoms with van der Waals surface area (Å²) in [6.45, 7) is 8.16. The Morgan fingerprint density at radius 1 is 1.16 bits per heavy atom. The van der Waals surface area contributed by atoms with Crippen molar-refractivity contribution >= 4 is 23.3 Å². The Labute approximate surface area is 148 Å². The normalized spacial score (nSPS) is 10.6. The fourth-order valence-electron chi connectivity index (χ4n) is 2.25. The van der Waals surface area contributed by atoms with Gasteiger partial charge in [-0.1, -0.05) is 26.0 Å². The van der Waals surface area contributed by atoms with Crippen LogP contribution < -0.4 is 10.6 Å². The van der Waals surface area contributed by atoms with Gasteiger partial charge in [-0.05, 0) is 44.4 Å². The van der Waals surface area contributed by atoms with E-state index in [0.717, 1.165) is 6.42 Å². The van der Waals surface area contributed by atoms with Crippen LogP contribution in [-0.2, 0) is 0 Å². The van der Waals surface area contributed by atoms with E-state index in [0.29, 0.717) is 41.0 Å². The second-order valence-electron chi connectivity index (χ2n) is 6.42. The van der Waals surface area contributed by atoms with Gasteiger partial charge < -0.3 is 10.6 Å². The van der Waals surface area contributed by atoms with E-state index in [1.54, 1.807) is 24.3 Å². The number of ketones is 1. The van der Waals surface area contributed by atoms with E-state index in [-0.39, 0.29) is 11.7 Å². The van der Waals surface area contributed by atoms with E-state index >= 15 is 0 Å². The van der Waals surface area contributed by atoms with Crippen molar-refractivity contribution < 1.29 is 9.59 Å². The van der Waals surface area contributed by atoms with E-state index in [2.05, 4.69) is 34.4 Å². The highest BCUT2D eigenvalue weighted by Crippen LogP contribution is 2.16. The second kappa shape index (κ2) is 8.37. The summed E-state index contributed by atoms with van der Waals surface area (Å²) in [5.74, 6) is 0.624. The van der Waals surface area contributed by atoms with Crippen molar-refractivity contribution in [2.24, 2.45) is 5.92 Å². The summed E-state index contributed by atoms with van der Waals surface area (Å²) in [5.41, 5.74) is 2.31. The number of carbonyl (C=O) groups is 2. The molecule has 6 heteroatoms. The first-order chi connectivity index (χ1) is 11.8. The number of aromatic nitrogens is 2. The van der Waals surface area contributed by atoms with Crippen molar-refractivity contribution in [2.75, 3.05) is 11.9 Å². The van der Waals surface area contributed by atoms with Crippen LogP contribution in [0.2, 0.25) is 0 Å². The topological polar surface area (TPSA) is 84.0 Å². The number of anilines is 2. The lowest BCUT2D eigenvalue weighted by Gasteiger charge is -2.10. The molecule has 2 N–H and O–H groups in total. The van der Waals surface area contributed by atoms with Gasteiger partial charge in [-0.15, -0.1) is 0 Å². The monoisotopic (exact) mass is 340 g/mol. The standard InChI is InChI=1S/C19H24N4O2/c1-12(2)8-9-20-18(25)17-10-13(3)21-19(23-17)22-16-7-5-6-15(11-16)14(4)24/h5-7,10-12H,8-9H2,1-4H3,(H,20,25)(H,21,22,23). The molecule has 0 bridgehead atoms. The van der Waals surface area contributed by atoms with E-state index in [1.165, 1.54) is 6.92 Å². The third-order valence-corrected chi connectivity index (χ3v) is 3.62. The van der Waals surface area contributed by atoms with Crippen LogP contribution in [-0.4, -0.2) is 28.2 Å². The van der Waals surface area contributed by atoms with Crippen molar-refractivity contribution in [1.82, 2.24) is 15.3 Å². The Balaban J connectivity index is 2.14. The Bertz CT molecular complexity index is 772. The first kappa shape index (κ1) is 18.6. The summed E-state index contributed by atoms with van der Waals surface area (Å²) in [6.07, 6.45) is 0.915. The number of nitrogens with one attached hydrogen (secondary N) is 2. The maximum absolute atomic E-state index is 12.3. The minimum atomic E-state index is -0.216. The molecule has 1 amide bonds. The van der Waals surface area contributed by atoms with Gasteiger partial charge in [-0.3, -0.25) is 9.59 Å². The molecule has 2 rings (SSSR count). The van der Waals surface area contributed by atoms with Gasteiger partial charge in [-0.2, -0.15) is 0 Å². The highest BCUT2D eigenvalue weighted by atomic mass is 16.1. The van der Waals surface area contributed by atoms with Crippen molar-refractivity contribution in [3.63, 3.8) is 0 Å². The van der Waals surface area contributed by atoms with E-state index in [9.17, 15) is 9.59 Å². The molecule has 6 nitrogen and oxygen atoms in total. The lowest BCUT2D eigenvalue weighted by molar-refractivity contribution is 0.0946. The predicted molar refractivity (Wildman–Crippen MR) is 98.3 cm³/mol. The maximum Gasteiger partial charge on any atom is 0.270 e. The molecule has 0 aliphatic heterocycles.